The Hall–Kier alpha value is -4.39. The molecular weight excluding hydrogens is 476 g/mol. The molecule has 2 aromatic carbocycles. The van der Waals surface area contributed by atoms with Crippen molar-refractivity contribution in [1.82, 2.24) is 20.4 Å². The SMILES string of the molecule is C[C@H]1O[C@@H](n2cc(-c3ccccc3)c3c2N=CN(Nc2ccc(C(=O)NNC(=N)N)cc2)C3)[C@H](O)[C@@H]1O. The molecule has 37 heavy (non-hydrogen) atoms. The van der Waals surface area contributed by atoms with Crippen molar-refractivity contribution in [3.05, 3.63) is 71.9 Å². The molecule has 2 aliphatic heterocycles. The number of aliphatic hydroxyl groups excluding tert-OH is 2. The lowest BCUT2D eigenvalue weighted by Crippen LogP contribution is -2.44. The van der Waals surface area contributed by atoms with Gasteiger partial charge in [0.15, 0.2) is 6.23 Å². The van der Waals surface area contributed by atoms with Crippen molar-refractivity contribution in [2.45, 2.75) is 38.0 Å². The van der Waals surface area contributed by atoms with Crippen LogP contribution in [-0.4, -0.2) is 56.3 Å². The van der Waals surface area contributed by atoms with Crippen LogP contribution in [0, 0.1) is 5.41 Å². The Balaban J connectivity index is 1.38. The number of aliphatic imine (C=N–C) groups is 1. The van der Waals surface area contributed by atoms with Crippen LogP contribution in [0.3, 0.4) is 0 Å². The fourth-order valence-corrected chi connectivity index (χ4v) is 4.43. The predicted octanol–water partition coefficient (Wildman–Crippen LogP) is 1.42. The first-order valence-corrected chi connectivity index (χ1v) is 11.7. The number of ether oxygens (including phenoxy) is 1. The Morgan fingerprint density at radius 3 is 2.49 bits per heavy atom. The maximum absolute atomic E-state index is 12.1. The second kappa shape index (κ2) is 9.93. The van der Waals surface area contributed by atoms with Crippen LogP contribution in [0.1, 0.15) is 29.1 Å². The molecule has 0 radical (unpaired) electrons. The van der Waals surface area contributed by atoms with Crippen LogP contribution in [0.5, 0.6) is 0 Å². The van der Waals surface area contributed by atoms with E-state index < -0.39 is 30.4 Å². The summed E-state index contributed by atoms with van der Waals surface area (Å²) < 4.78 is 7.66. The number of hydrogen-bond donors (Lipinski definition) is 7. The van der Waals surface area contributed by atoms with Gasteiger partial charge in [0.25, 0.3) is 5.91 Å². The van der Waals surface area contributed by atoms with Crippen molar-refractivity contribution in [2.75, 3.05) is 5.43 Å². The summed E-state index contributed by atoms with van der Waals surface area (Å²) >= 11 is 0. The van der Waals surface area contributed by atoms with E-state index in [9.17, 15) is 15.0 Å². The molecule has 0 spiro atoms. The standard InChI is InChI=1S/C25H28N8O4/c1-14-20(34)21(35)24(37-14)33-12-18(15-5-3-2-4-6-15)19-11-32(13-28-22(19)33)31-17-9-7-16(8-10-17)23(36)29-30-25(26)27/h2-10,12-14,20-21,24,31,34-35H,11H2,1H3,(H,29,36)(H4,26,27,30)/t14-,20-,21-,24-/m1/s1. The van der Waals surface area contributed by atoms with Gasteiger partial charge in [-0.05, 0) is 36.8 Å². The number of rotatable bonds is 5. The molecule has 192 valence electrons. The summed E-state index contributed by atoms with van der Waals surface area (Å²) in [6.07, 6.45) is 0.213. The molecule has 4 atom stereocenters. The Kier molecular flexibility index (Phi) is 6.53. The fourth-order valence-electron chi connectivity index (χ4n) is 4.43. The zero-order chi connectivity index (χ0) is 26.1. The molecule has 3 heterocycles. The summed E-state index contributed by atoms with van der Waals surface area (Å²) in [4.78, 5) is 16.8. The minimum Gasteiger partial charge on any atom is -0.388 e. The van der Waals surface area contributed by atoms with Crippen LogP contribution in [0.25, 0.3) is 11.1 Å². The third-order valence-corrected chi connectivity index (χ3v) is 6.32. The number of hydrogen-bond acceptors (Lipinski definition) is 8. The zero-order valence-electron chi connectivity index (χ0n) is 20.0. The smallest absolute Gasteiger partial charge is 0.269 e. The minimum absolute atomic E-state index is 0.362. The van der Waals surface area contributed by atoms with Crippen molar-refractivity contribution in [3.8, 4) is 11.1 Å². The van der Waals surface area contributed by atoms with E-state index in [0.717, 1.165) is 22.4 Å². The zero-order valence-corrected chi connectivity index (χ0v) is 20.0. The van der Waals surface area contributed by atoms with E-state index in [1.54, 1.807) is 42.1 Å². The summed E-state index contributed by atoms with van der Waals surface area (Å²) in [6.45, 7) is 2.19. The number of nitrogens with zero attached hydrogens (tertiary/aromatic N) is 3. The molecule has 12 nitrogen and oxygen atoms in total. The number of carbonyl (C=O) groups excluding carboxylic acids is 1. The average molecular weight is 505 g/mol. The molecule has 1 saturated heterocycles. The molecule has 0 unspecified atom stereocenters. The summed E-state index contributed by atoms with van der Waals surface area (Å²) in [6, 6.07) is 16.7. The normalized spacial score (nSPS) is 22.4. The second-order valence-electron chi connectivity index (χ2n) is 8.89. The maximum atomic E-state index is 12.1. The number of nitrogens with two attached hydrogens (primary N) is 1. The molecule has 12 heteroatoms. The van der Waals surface area contributed by atoms with Gasteiger partial charge >= 0.3 is 0 Å². The Morgan fingerprint density at radius 1 is 1.11 bits per heavy atom. The molecular formula is C25H28N8O4. The predicted molar refractivity (Wildman–Crippen MR) is 138 cm³/mol. The van der Waals surface area contributed by atoms with Crippen LogP contribution >= 0.6 is 0 Å². The van der Waals surface area contributed by atoms with Gasteiger partial charge < -0.3 is 25.3 Å². The number of nitrogens with one attached hydrogen (secondary N) is 4. The maximum Gasteiger partial charge on any atom is 0.269 e. The molecule has 2 aliphatic rings. The number of aromatic nitrogens is 1. The highest BCUT2D eigenvalue weighted by Crippen LogP contribution is 2.41. The van der Waals surface area contributed by atoms with E-state index in [1.165, 1.54) is 0 Å². The molecule has 1 amide bonds. The van der Waals surface area contributed by atoms with Crippen LogP contribution in [-0.2, 0) is 11.3 Å². The van der Waals surface area contributed by atoms with Crippen LogP contribution in [0.15, 0.2) is 65.8 Å². The molecule has 1 aromatic heterocycles. The number of benzene rings is 2. The van der Waals surface area contributed by atoms with Crippen molar-refractivity contribution in [3.63, 3.8) is 0 Å². The summed E-state index contributed by atoms with van der Waals surface area (Å²) in [5, 5.41) is 29.8. The highest BCUT2D eigenvalue weighted by atomic mass is 16.6. The van der Waals surface area contributed by atoms with Crippen molar-refractivity contribution in [2.24, 2.45) is 10.7 Å². The van der Waals surface area contributed by atoms with E-state index in [-0.39, 0.29) is 5.96 Å². The minimum atomic E-state index is -1.08. The monoisotopic (exact) mass is 504 g/mol. The van der Waals surface area contributed by atoms with Gasteiger partial charge in [0, 0.05) is 22.9 Å². The van der Waals surface area contributed by atoms with E-state index in [4.69, 9.17) is 15.9 Å². The first-order valence-electron chi connectivity index (χ1n) is 11.7. The van der Waals surface area contributed by atoms with Gasteiger partial charge in [0.05, 0.1) is 18.3 Å². The van der Waals surface area contributed by atoms with Crippen molar-refractivity contribution in [1.29, 1.82) is 5.41 Å². The van der Waals surface area contributed by atoms with Crippen molar-refractivity contribution < 1.29 is 19.7 Å². The van der Waals surface area contributed by atoms with Gasteiger partial charge in [-0.1, -0.05) is 30.3 Å². The number of hydrazine groups is 2. The van der Waals surface area contributed by atoms with Gasteiger partial charge in [-0.25, -0.2) is 4.99 Å². The number of amides is 1. The third kappa shape index (κ3) is 4.85. The highest BCUT2D eigenvalue weighted by molar-refractivity contribution is 5.95. The number of guanidine groups is 1. The number of anilines is 1. The molecule has 1 fully saturated rings. The lowest BCUT2D eigenvalue weighted by atomic mass is 10.0. The first kappa shape index (κ1) is 24.3. The van der Waals surface area contributed by atoms with E-state index in [0.29, 0.717) is 17.9 Å². The fraction of sp³-hybridized carbons (Fsp3) is 0.240. The van der Waals surface area contributed by atoms with Crippen LogP contribution in [0.4, 0.5) is 11.5 Å². The van der Waals surface area contributed by atoms with E-state index >= 15 is 0 Å². The highest BCUT2D eigenvalue weighted by Gasteiger charge is 2.42. The van der Waals surface area contributed by atoms with E-state index in [2.05, 4.69) is 21.3 Å². The lowest BCUT2D eigenvalue weighted by molar-refractivity contribution is -0.0308. The number of aliphatic hydroxyl groups is 2. The van der Waals surface area contributed by atoms with Gasteiger partial charge in [0.2, 0.25) is 5.96 Å². The Labute approximate surface area is 212 Å². The average Bonchev–Trinajstić information content (AvgIpc) is 3.40. The topological polar surface area (TPSA) is 173 Å². The molecule has 0 aliphatic carbocycles. The second-order valence-corrected chi connectivity index (χ2v) is 8.89. The number of fused-ring (bicyclic) bond motifs is 1. The Bertz CT molecular complexity index is 1320. The van der Waals surface area contributed by atoms with Crippen LogP contribution in [0.2, 0.25) is 0 Å². The molecule has 0 bridgehead atoms. The molecule has 5 rings (SSSR count). The summed E-state index contributed by atoms with van der Waals surface area (Å²) in [5.74, 6) is -0.137. The molecule has 8 N–H and O–H groups in total. The largest absolute Gasteiger partial charge is 0.388 e. The summed E-state index contributed by atoms with van der Waals surface area (Å²) in [7, 11) is 0. The number of carbonyl (C=O) groups is 1. The van der Waals surface area contributed by atoms with Gasteiger partial charge in [0.1, 0.15) is 24.4 Å². The third-order valence-electron chi connectivity index (χ3n) is 6.32. The Morgan fingerprint density at radius 2 is 1.84 bits per heavy atom. The van der Waals surface area contributed by atoms with Gasteiger partial charge in [-0.15, -0.1) is 0 Å². The lowest BCUT2D eigenvalue weighted by Gasteiger charge is -2.26. The summed E-state index contributed by atoms with van der Waals surface area (Å²) in [5.41, 5.74) is 17.0. The first-order chi connectivity index (χ1) is 17.8. The van der Waals surface area contributed by atoms with E-state index in [1.807, 2.05) is 41.5 Å². The molecule has 3 aromatic rings. The van der Waals surface area contributed by atoms with Crippen molar-refractivity contribution >= 4 is 29.7 Å². The van der Waals surface area contributed by atoms with Crippen LogP contribution < -0.4 is 22.0 Å². The molecule has 0 saturated carbocycles. The van der Waals surface area contributed by atoms with Gasteiger partial charge in [-0.2, -0.15) is 0 Å². The quantitative estimate of drug-likeness (QED) is 0.155. The van der Waals surface area contributed by atoms with Gasteiger partial charge in [-0.3, -0.25) is 31.5 Å².